The highest BCUT2D eigenvalue weighted by Crippen LogP contribution is 2.42. The second kappa shape index (κ2) is 10.7. The fourth-order valence-corrected chi connectivity index (χ4v) is 6.73. The van der Waals surface area contributed by atoms with Gasteiger partial charge in [-0.3, -0.25) is 9.59 Å². The molecule has 8 nitrogen and oxygen atoms in total. The van der Waals surface area contributed by atoms with Gasteiger partial charge in [-0.05, 0) is 84.7 Å². The Kier molecular flexibility index (Phi) is 6.52. The Balaban J connectivity index is 1.09. The number of fused-ring (bicyclic) bond motifs is 2. The number of hydrogen-bond acceptors (Lipinski definition) is 5. The minimum atomic E-state index is 0.0597. The molecule has 0 spiro atoms. The molecule has 0 atom stereocenters. The number of benzene rings is 3. The molecule has 0 unspecified atom stereocenters. The van der Waals surface area contributed by atoms with E-state index in [1.807, 2.05) is 52.3 Å². The quantitative estimate of drug-likeness (QED) is 0.276. The monoisotopic (exact) mass is 582 g/mol. The van der Waals surface area contributed by atoms with E-state index >= 15 is 0 Å². The Bertz CT molecular complexity index is 1920. The number of anilines is 1. The number of carbonyl (C=O) groups excluding carboxylic acids is 2. The first kappa shape index (κ1) is 26.8. The number of aromatic amines is 1. The number of H-pyrrole nitrogens is 1. The number of rotatable bonds is 5. The summed E-state index contributed by atoms with van der Waals surface area (Å²) in [6.07, 6.45) is 4.95. The van der Waals surface area contributed by atoms with Gasteiger partial charge >= 0.3 is 0 Å². The van der Waals surface area contributed by atoms with Crippen LogP contribution in [-0.2, 0) is 6.42 Å². The van der Waals surface area contributed by atoms with Crippen molar-refractivity contribution in [3.05, 3.63) is 101 Å². The molecule has 2 aliphatic heterocycles. The summed E-state index contributed by atoms with van der Waals surface area (Å²) in [4.78, 5) is 43.1. The second-order valence-corrected chi connectivity index (χ2v) is 12.1. The lowest BCUT2D eigenvalue weighted by Gasteiger charge is -2.30. The van der Waals surface area contributed by atoms with E-state index < -0.39 is 0 Å². The van der Waals surface area contributed by atoms with Crippen LogP contribution in [0, 0.1) is 6.92 Å². The van der Waals surface area contributed by atoms with Crippen LogP contribution in [0.25, 0.3) is 33.5 Å². The van der Waals surface area contributed by atoms with E-state index in [2.05, 4.69) is 46.5 Å². The first-order valence-corrected chi connectivity index (χ1v) is 15.5. The maximum atomic E-state index is 13.7. The molecule has 3 aromatic carbocycles. The minimum Gasteiger partial charge on any atom is -0.339 e. The first-order valence-electron chi connectivity index (χ1n) is 15.5. The lowest BCUT2D eigenvalue weighted by atomic mass is 9.93. The summed E-state index contributed by atoms with van der Waals surface area (Å²) >= 11 is 0. The van der Waals surface area contributed by atoms with Crippen molar-refractivity contribution in [1.82, 2.24) is 25.2 Å². The topological polar surface area (TPSA) is 94.2 Å². The molecule has 0 bridgehead atoms. The fourth-order valence-electron chi connectivity index (χ4n) is 6.73. The summed E-state index contributed by atoms with van der Waals surface area (Å²) in [7, 11) is 0. The van der Waals surface area contributed by atoms with Crippen LogP contribution in [-0.4, -0.2) is 64.4 Å². The van der Waals surface area contributed by atoms with Crippen molar-refractivity contribution in [1.29, 1.82) is 0 Å². The molecule has 2 N–H and O–H groups in total. The largest absolute Gasteiger partial charge is 0.339 e. The van der Waals surface area contributed by atoms with Crippen LogP contribution >= 0.6 is 0 Å². The van der Waals surface area contributed by atoms with Crippen molar-refractivity contribution >= 4 is 28.5 Å². The highest BCUT2D eigenvalue weighted by Gasteiger charge is 2.30. The molecule has 2 amide bonds. The molecule has 8 rings (SSSR count). The van der Waals surface area contributed by atoms with E-state index in [0.29, 0.717) is 18.0 Å². The molecule has 44 heavy (non-hydrogen) atoms. The number of piperazine rings is 1. The summed E-state index contributed by atoms with van der Waals surface area (Å²) in [5.74, 6) is 0.804. The summed E-state index contributed by atoms with van der Waals surface area (Å²) in [6.45, 7) is 5.84. The Hall–Kier alpha value is -4.82. The van der Waals surface area contributed by atoms with E-state index in [1.165, 1.54) is 24.0 Å². The summed E-state index contributed by atoms with van der Waals surface area (Å²) in [5.41, 5.74) is 10.4. The first-order chi connectivity index (χ1) is 21.5. The van der Waals surface area contributed by atoms with Crippen molar-refractivity contribution in [3.63, 3.8) is 0 Å². The summed E-state index contributed by atoms with van der Waals surface area (Å²) in [6, 6.07) is 22.3. The number of nitrogens with one attached hydrogen (secondary N) is 2. The van der Waals surface area contributed by atoms with Gasteiger partial charge in [0.05, 0.1) is 5.69 Å². The van der Waals surface area contributed by atoms with Gasteiger partial charge < -0.3 is 20.1 Å². The molecule has 5 aromatic rings. The summed E-state index contributed by atoms with van der Waals surface area (Å²) in [5, 5.41) is 4.20. The van der Waals surface area contributed by atoms with Crippen LogP contribution in [0.15, 0.2) is 73.1 Å². The fraction of sp³-hybridized carbons (Fsp3) is 0.278. The average molecular weight is 583 g/mol. The SMILES string of the molecule is Cc1c(-c2ncnc3[nH]c(-c4ccc(C(=O)N5CCNCC5)cc4)cc23)cccc1N1CCc2cc(C3CC3)ccc2C1=O. The van der Waals surface area contributed by atoms with Crippen LogP contribution in [0.4, 0.5) is 5.69 Å². The molecule has 1 saturated carbocycles. The van der Waals surface area contributed by atoms with Gasteiger partial charge in [0.25, 0.3) is 11.8 Å². The average Bonchev–Trinajstić information content (AvgIpc) is 3.83. The molecular weight excluding hydrogens is 548 g/mol. The van der Waals surface area contributed by atoms with Gasteiger partial charge in [0.1, 0.15) is 12.0 Å². The Morgan fingerprint density at radius 1 is 0.909 bits per heavy atom. The predicted molar refractivity (Wildman–Crippen MR) is 172 cm³/mol. The molecule has 2 fully saturated rings. The van der Waals surface area contributed by atoms with Crippen LogP contribution in [0.2, 0.25) is 0 Å². The number of amides is 2. The van der Waals surface area contributed by atoms with Gasteiger partial charge in [-0.1, -0.05) is 36.4 Å². The zero-order chi connectivity index (χ0) is 29.8. The van der Waals surface area contributed by atoms with Gasteiger partial charge in [0, 0.05) is 66.2 Å². The summed E-state index contributed by atoms with van der Waals surface area (Å²) < 4.78 is 0. The third kappa shape index (κ3) is 4.66. The Morgan fingerprint density at radius 2 is 1.73 bits per heavy atom. The van der Waals surface area contributed by atoms with Gasteiger partial charge in [0.15, 0.2) is 0 Å². The Morgan fingerprint density at radius 3 is 2.52 bits per heavy atom. The van der Waals surface area contributed by atoms with E-state index in [-0.39, 0.29) is 11.8 Å². The van der Waals surface area contributed by atoms with E-state index in [1.54, 1.807) is 6.33 Å². The van der Waals surface area contributed by atoms with E-state index in [9.17, 15) is 9.59 Å². The standard InChI is InChI=1S/C36H34N6O2/c1-22-28(3-2-4-32(22)42-16-13-27-19-26(23-5-6-23)11-12-29(27)36(42)44)33-30-20-31(40-34(30)39-21-38-33)24-7-9-25(10-8-24)35(43)41-17-14-37-15-18-41/h2-4,7-12,19-21,23,37H,5-6,13-18H2,1H3,(H,38,39,40). The third-order valence-electron chi connectivity index (χ3n) is 9.38. The zero-order valence-electron chi connectivity index (χ0n) is 24.8. The van der Waals surface area contributed by atoms with Crippen LogP contribution in [0.5, 0.6) is 0 Å². The highest BCUT2D eigenvalue weighted by molar-refractivity contribution is 6.09. The molecule has 1 aliphatic carbocycles. The van der Waals surface area contributed by atoms with Crippen LogP contribution in [0.3, 0.4) is 0 Å². The smallest absolute Gasteiger partial charge is 0.258 e. The van der Waals surface area contributed by atoms with Crippen LogP contribution < -0.4 is 10.2 Å². The van der Waals surface area contributed by atoms with Crippen molar-refractivity contribution in [2.45, 2.75) is 32.1 Å². The van der Waals surface area contributed by atoms with Crippen molar-refractivity contribution in [2.75, 3.05) is 37.6 Å². The Labute approximate surface area is 256 Å². The highest BCUT2D eigenvalue weighted by atomic mass is 16.2. The molecule has 8 heteroatoms. The second-order valence-electron chi connectivity index (χ2n) is 12.1. The van der Waals surface area contributed by atoms with Gasteiger partial charge in [-0.2, -0.15) is 0 Å². The predicted octanol–water partition coefficient (Wildman–Crippen LogP) is 5.73. The molecule has 3 aliphatic rings. The number of carbonyl (C=O) groups is 2. The third-order valence-corrected chi connectivity index (χ3v) is 9.38. The normalized spacial score (nSPS) is 16.8. The molecular formula is C36H34N6O2. The zero-order valence-corrected chi connectivity index (χ0v) is 24.8. The number of nitrogens with zero attached hydrogens (tertiary/aromatic N) is 4. The van der Waals surface area contributed by atoms with Crippen molar-refractivity contribution < 1.29 is 9.59 Å². The lowest BCUT2D eigenvalue weighted by molar-refractivity contribution is 0.0735. The molecule has 4 heterocycles. The molecule has 1 saturated heterocycles. The minimum absolute atomic E-state index is 0.0597. The maximum absolute atomic E-state index is 13.7. The van der Waals surface area contributed by atoms with Crippen molar-refractivity contribution in [2.24, 2.45) is 0 Å². The van der Waals surface area contributed by atoms with Gasteiger partial charge in [-0.15, -0.1) is 0 Å². The van der Waals surface area contributed by atoms with Gasteiger partial charge in [0.2, 0.25) is 0 Å². The van der Waals surface area contributed by atoms with Crippen molar-refractivity contribution in [3.8, 4) is 22.5 Å². The molecule has 2 aromatic heterocycles. The van der Waals surface area contributed by atoms with E-state index in [0.717, 1.165) is 83.0 Å². The molecule has 0 radical (unpaired) electrons. The maximum Gasteiger partial charge on any atom is 0.258 e. The molecule has 220 valence electrons. The van der Waals surface area contributed by atoms with E-state index in [4.69, 9.17) is 4.98 Å². The number of hydrogen-bond donors (Lipinski definition) is 2. The number of aromatic nitrogens is 3. The lowest BCUT2D eigenvalue weighted by Crippen LogP contribution is -2.46. The van der Waals surface area contributed by atoms with Crippen LogP contribution in [0.1, 0.15) is 56.2 Å². The van der Waals surface area contributed by atoms with Gasteiger partial charge in [-0.25, -0.2) is 9.97 Å².